The van der Waals surface area contributed by atoms with Crippen LogP contribution in [-0.4, -0.2) is 18.1 Å². The highest BCUT2D eigenvalue weighted by Gasteiger charge is 2.20. The molecule has 0 saturated carbocycles. The number of nitrogens with zero attached hydrogens (tertiary/aromatic N) is 1. The number of para-hydroxylation sites is 1. The van der Waals surface area contributed by atoms with Gasteiger partial charge < -0.3 is 10.0 Å². The van der Waals surface area contributed by atoms with E-state index in [0.29, 0.717) is 6.42 Å². The summed E-state index contributed by atoms with van der Waals surface area (Å²) in [4.78, 5) is 15.3. The van der Waals surface area contributed by atoms with Crippen LogP contribution in [0.25, 0.3) is 0 Å². The summed E-state index contributed by atoms with van der Waals surface area (Å²) in [5, 5.41) is 8.78. The van der Waals surface area contributed by atoms with E-state index >= 15 is 0 Å². The van der Waals surface area contributed by atoms with Gasteiger partial charge in [-0.2, -0.15) is 0 Å². The smallest absolute Gasteiger partial charge is 0.303 e. The summed E-state index contributed by atoms with van der Waals surface area (Å²) in [6.07, 6.45) is 0.745. The second-order valence-corrected chi connectivity index (χ2v) is 5.91. The van der Waals surface area contributed by atoms with Gasteiger partial charge in [0, 0.05) is 23.3 Å². The molecule has 0 saturated heterocycles. The van der Waals surface area contributed by atoms with Crippen molar-refractivity contribution in [2.45, 2.75) is 22.6 Å². The second kappa shape index (κ2) is 5.21. The minimum atomic E-state index is -0.754. The lowest BCUT2D eigenvalue weighted by atomic mass is 10.1. The fraction of sp³-hybridized carbons (Fsp3) is 0.188. The Balaban J connectivity index is 1.93. The molecule has 2 aromatic carbocycles. The summed E-state index contributed by atoms with van der Waals surface area (Å²) in [5.41, 5.74) is 3.41. The molecular weight excluding hydrogens is 270 g/mol. The Kier molecular flexibility index (Phi) is 3.40. The van der Waals surface area contributed by atoms with E-state index in [9.17, 15) is 4.79 Å². The lowest BCUT2D eigenvalue weighted by Crippen LogP contribution is -2.14. The molecule has 3 rings (SSSR count). The van der Waals surface area contributed by atoms with Crippen molar-refractivity contribution in [2.75, 3.05) is 11.9 Å². The van der Waals surface area contributed by atoms with Crippen LogP contribution in [0.2, 0.25) is 0 Å². The van der Waals surface area contributed by atoms with Crippen LogP contribution >= 0.6 is 11.8 Å². The van der Waals surface area contributed by atoms with Crippen LogP contribution in [0, 0.1) is 0 Å². The molecule has 0 aromatic heterocycles. The number of carboxylic acid groups (broad SMARTS) is 1. The number of aliphatic carboxylic acids is 1. The molecule has 1 aliphatic rings. The summed E-state index contributed by atoms with van der Waals surface area (Å²) in [6, 6.07) is 14.5. The first kappa shape index (κ1) is 13.1. The van der Waals surface area contributed by atoms with E-state index in [0.717, 1.165) is 11.3 Å². The van der Waals surface area contributed by atoms with Crippen LogP contribution in [0.4, 0.5) is 11.4 Å². The Morgan fingerprint density at radius 1 is 1.15 bits per heavy atom. The maximum atomic E-state index is 10.7. The monoisotopic (exact) mass is 285 g/mol. The molecule has 1 N–H and O–H groups in total. The number of fused-ring (bicyclic) bond motifs is 2. The van der Waals surface area contributed by atoms with Gasteiger partial charge in [-0.1, -0.05) is 30.0 Å². The van der Waals surface area contributed by atoms with Crippen molar-refractivity contribution in [3.63, 3.8) is 0 Å². The van der Waals surface area contributed by atoms with Crippen molar-refractivity contribution in [3.8, 4) is 0 Å². The summed E-state index contributed by atoms with van der Waals surface area (Å²) >= 11 is 1.76. The number of benzene rings is 2. The molecule has 0 fully saturated rings. The molecular formula is C16H15NO2S. The summed E-state index contributed by atoms with van der Waals surface area (Å²) in [7, 11) is 2.05. The number of aryl methyl sites for hydroxylation is 1. The number of carbonyl (C=O) groups is 1. The van der Waals surface area contributed by atoms with Gasteiger partial charge in [-0.3, -0.25) is 4.79 Å². The summed E-state index contributed by atoms with van der Waals surface area (Å²) < 4.78 is 0. The van der Waals surface area contributed by atoms with E-state index in [-0.39, 0.29) is 6.42 Å². The SMILES string of the molecule is CN1c2ccccc2Sc2ccc(CCC(=O)O)cc21. The van der Waals surface area contributed by atoms with Crippen LogP contribution in [0.15, 0.2) is 52.3 Å². The average molecular weight is 285 g/mol. The van der Waals surface area contributed by atoms with Gasteiger partial charge in [0.2, 0.25) is 0 Å². The minimum absolute atomic E-state index is 0.173. The molecule has 3 nitrogen and oxygen atoms in total. The zero-order valence-corrected chi connectivity index (χ0v) is 12.0. The van der Waals surface area contributed by atoms with Crippen LogP contribution in [0.3, 0.4) is 0 Å². The van der Waals surface area contributed by atoms with Gasteiger partial charge in [0.05, 0.1) is 11.4 Å². The number of hydrogen-bond donors (Lipinski definition) is 1. The molecule has 0 bridgehead atoms. The van der Waals surface area contributed by atoms with E-state index in [1.807, 2.05) is 18.2 Å². The molecule has 0 radical (unpaired) electrons. The zero-order valence-electron chi connectivity index (χ0n) is 11.2. The quantitative estimate of drug-likeness (QED) is 0.927. The van der Waals surface area contributed by atoms with E-state index in [2.05, 4.69) is 36.2 Å². The zero-order chi connectivity index (χ0) is 14.1. The normalized spacial score (nSPS) is 12.8. The Morgan fingerprint density at radius 2 is 1.90 bits per heavy atom. The molecule has 20 heavy (non-hydrogen) atoms. The van der Waals surface area contributed by atoms with Gasteiger partial charge in [-0.05, 0) is 36.2 Å². The van der Waals surface area contributed by atoms with Gasteiger partial charge in [0.15, 0.2) is 0 Å². The van der Waals surface area contributed by atoms with Crippen molar-refractivity contribution in [1.82, 2.24) is 0 Å². The van der Waals surface area contributed by atoms with Gasteiger partial charge in [0.1, 0.15) is 0 Å². The van der Waals surface area contributed by atoms with Crippen molar-refractivity contribution in [3.05, 3.63) is 48.0 Å². The fourth-order valence-corrected chi connectivity index (χ4v) is 3.52. The van der Waals surface area contributed by atoms with E-state index < -0.39 is 5.97 Å². The molecule has 0 amide bonds. The molecule has 1 heterocycles. The molecule has 102 valence electrons. The Labute approximate surface area is 122 Å². The van der Waals surface area contributed by atoms with Gasteiger partial charge in [-0.25, -0.2) is 0 Å². The average Bonchev–Trinajstić information content (AvgIpc) is 2.46. The van der Waals surface area contributed by atoms with Crippen LogP contribution in [0.5, 0.6) is 0 Å². The minimum Gasteiger partial charge on any atom is -0.481 e. The standard InChI is InChI=1S/C16H15NO2S/c1-17-12-4-2-3-5-14(12)20-15-8-6-11(10-13(15)17)7-9-16(18)19/h2-6,8,10H,7,9H2,1H3,(H,18,19). The Hall–Kier alpha value is -1.94. The lowest BCUT2D eigenvalue weighted by molar-refractivity contribution is -0.136. The topological polar surface area (TPSA) is 40.5 Å². The van der Waals surface area contributed by atoms with Gasteiger partial charge in [-0.15, -0.1) is 0 Å². The molecule has 2 aromatic rings. The number of rotatable bonds is 3. The molecule has 0 aliphatic carbocycles. The van der Waals surface area contributed by atoms with Gasteiger partial charge in [0.25, 0.3) is 0 Å². The van der Waals surface area contributed by atoms with Crippen molar-refractivity contribution in [1.29, 1.82) is 0 Å². The number of carboxylic acids is 1. The van der Waals surface area contributed by atoms with E-state index in [1.165, 1.54) is 15.5 Å². The Morgan fingerprint density at radius 3 is 2.70 bits per heavy atom. The number of hydrogen-bond acceptors (Lipinski definition) is 3. The highest BCUT2D eigenvalue weighted by Crippen LogP contribution is 2.47. The largest absolute Gasteiger partial charge is 0.481 e. The van der Waals surface area contributed by atoms with Crippen LogP contribution < -0.4 is 4.90 Å². The Bertz CT molecular complexity index is 669. The summed E-state index contributed by atoms with van der Waals surface area (Å²) in [6.45, 7) is 0. The molecule has 0 unspecified atom stereocenters. The van der Waals surface area contributed by atoms with Crippen molar-refractivity contribution < 1.29 is 9.90 Å². The van der Waals surface area contributed by atoms with Crippen molar-refractivity contribution >= 4 is 29.1 Å². The lowest BCUT2D eigenvalue weighted by Gasteiger charge is -2.29. The third-order valence-electron chi connectivity index (χ3n) is 3.46. The fourth-order valence-electron chi connectivity index (χ4n) is 2.39. The first-order valence-electron chi connectivity index (χ1n) is 6.50. The van der Waals surface area contributed by atoms with Crippen LogP contribution in [0.1, 0.15) is 12.0 Å². The van der Waals surface area contributed by atoms with E-state index in [1.54, 1.807) is 11.8 Å². The van der Waals surface area contributed by atoms with Crippen molar-refractivity contribution in [2.24, 2.45) is 0 Å². The molecule has 0 atom stereocenters. The molecule has 1 aliphatic heterocycles. The third kappa shape index (κ3) is 2.39. The highest BCUT2D eigenvalue weighted by molar-refractivity contribution is 7.99. The molecule has 0 spiro atoms. The first-order chi connectivity index (χ1) is 9.65. The van der Waals surface area contributed by atoms with Crippen LogP contribution in [-0.2, 0) is 11.2 Å². The second-order valence-electron chi connectivity index (χ2n) is 4.82. The summed E-state index contributed by atoms with van der Waals surface area (Å²) in [5.74, 6) is -0.754. The predicted octanol–water partition coefficient (Wildman–Crippen LogP) is 3.94. The maximum absolute atomic E-state index is 10.7. The molecule has 4 heteroatoms. The van der Waals surface area contributed by atoms with Gasteiger partial charge >= 0.3 is 5.97 Å². The predicted molar refractivity (Wildman–Crippen MR) is 81.0 cm³/mol. The number of anilines is 2. The third-order valence-corrected chi connectivity index (χ3v) is 4.59. The first-order valence-corrected chi connectivity index (χ1v) is 7.32. The highest BCUT2D eigenvalue weighted by atomic mass is 32.2. The van der Waals surface area contributed by atoms with E-state index in [4.69, 9.17) is 5.11 Å². The maximum Gasteiger partial charge on any atom is 0.303 e.